The first-order valence-corrected chi connectivity index (χ1v) is 10.4. The van der Waals surface area contributed by atoms with Crippen LogP contribution in [0.2, 0.25) is 0 Å². The van der Waals surface area contributed by atoms with Gasteiger partial charge in [0.05, 0.1) is 28.5 Å². The second-order valence-electron chi connectivity index (χ2n) is 8.71. The summed E-state index contributed by atoms with van der Waals surface area (Å²) >= 11 is 0. The average molecular weight is 408 g/mol. The molecule has 1 fully saturated rings. The lowest BCUT2D eigenvalue weighted by Gasteiger charge is -2.31. The van der Waals surface area contributed by atoms with Crippen LogP contribution >= 0.6 is 0 Å². The molecule has 6 nitrogen and oxygen atoms in total. The number of hydrogen-bond acceptors (Lipinski definition) is 5. The van der Waals surface area contributed by atoms with Crippen LogP contribution in [0.5, 0.6) is 0 Å². The highest BCUT2D eigenvalue weighted by Gasteiger charge is 2.31. The highest BCUT2D eigenvalue weighted by molar-refractivity contribution is 5.93. The Bertz CT molecular complexity index is 1160. The van der Waals surface area contributed by atoms with Crippen molar-refractivity contribution in [2.75, 3.05) is 0 Å². The first-order chi connectivity index (χ1) is 14.4. The van der Waals surface area contributed by atoms with Gasteiger partial charge < -0.3 is 13.5 Å². The van der Waals surface area contributed by atoms with Crippen molar-refractivity contribution in [2.24, 2.45) is 5.92 Å². The fraction of sp³-hybridized carbons (Fsp3) is 0.435. The van der Waals surface area contributed by atoms with Gasteiger partial charge in [0, 0.05) is 30.1 Å². The first kappa shape index (κ1) is 19.0. The monoisotopic (exact) mass is 408 g/mol. The molecule has 1 saturated carbocycles. The third kappa shape index (κ3) is 3.32. The molecule has 5 rings (SSSR count). The molecule has 30 heavy (non-hydrogen) atoms. The molecular formula is C23H25FN4O2. The molecule has 4 heterocycles. The predicted octanol–water partition coefficient (Wildman–Crippen LogP) is 5.88. The fourth-order valence-electron chi connectivity index (χ4n) is 4.62. The van der Waals surface area contributed by atoms with Crippen molar-refractivity contribution in [1.82, 2.24) is 19.7 Å². The summed E-state index contributed by atoms with van der Waals surface area (Å²) in [7, 11) is 0. The van der Waals surface area contributed by atoms with Crippen LogP contribution in [0.15, 0.2) is 40.0 Å². The van der Waals surface area contributed by atoms with E-state index in [0.29, 0.717) is 24.5 Å². The Labute approximate surface area is 174 Å². The number of rotatable bonds is 4. The lowest BCUT2D eigenvalue weighted by Crippen LogP contribution is -2.27. The minimum Gasteiger partial charge on any atom is -0.443 e. The lowest BCUT2D eigenvalue weighted by molar-refractivity contribution is 0.0985. The Morgan fingerprint density at radius 1 is 1.23 bits per heavy atom. The van der Waals surface area contributed by atoms with E-state index >= 15 is 0 Å². The zero-order valence-electron chi connectivity index (χ0n) is 17.5. The van der Waals surface area contributed by atoms with Crippen molar-refractivity contribution in [3.8, 4) is 22.5 Å². The maximum atomic E-state index is 14.3. The van der Waals surface area contributed by atoms with Crippen LogP contribution in [0.1, 0.15) is 44.1 Å². The van der Waals surface area contributed by atoms with Crippen LogP contribution in [0.25, 0.3) is 33.5 Å². The number of fused-ring (bicyclic) bond motifs is 1. The van der Waals surface area contributed by atoms with Crippen LogP contribution in [0, 0.1) is 19.8 Å². The highest BCUT2D eigenvalue weighted by atomic mass is 19.1. The van der Waals surface area contributed by atoms with E-state index in [-0.39, 0.29) is 0 Å². The maximum Gasteiger partial charge on any atom is 0.181 e. The number of alkyl halides is 1. The van der Waals surface area contributed by atoms with Gasteiger partial charge in [-0.25, -0.2) is 9.37 Å². The van der Waals surface area contributed by atoms with E-state index in [2.05, 4.69) is 27.0 Å². The Morgan fingerprint density at radius 2 is 2.03 bits per heavy atom. The number of halogens is 1. The molecule has 0 radical (unpaired) electrons. The van der Waals surface area contributed by atoms with Crippen LogP contribution < -0.4 is 0 Å². The number of pyridine rings is 1. The van der Waals surface area contributed by atoms with E-state index in [1.165, 1.54) is 6.39 Å². The zero-order valence-corrected chi connectivity index (χ0v) is 17.5. The Kier molecular flexibility index (Phi) is 4.49. The molecule has 156 valence electrons. The van der Waals surface area contributed by atoms with Crippen molar-refractivity contribution in [2.45, 2.75) is 58.7 Å². The molecule has 0 amide bonds. The van der Waals surface area contributed by atoms with Gasteiger partial charge in [-0.3, -0.25) is 4.98 Å². The summed E-state index contributed by atoms with van der Waals surface area (Å²) < 4.78 is 27.4. The fourth-order valence-corrected chi connectivity index (χ4v) is 4.62. The first-order valence-electron chi connectivity index (χ1n) is 10.4. The van der Waals surface area contributed by atoms with Crippen LogP contribution in [-0.4, -0.2) is 25.4 Å². The van der Waals surface area contributed by atoms with Crippen molar-refractivity contribution < 1.29 is 13.3 Å². The molecule has 0 aromatic carbocycles. The molecule has 1 aliphatic carbocycles. The van der Waals surface area contributed by atoms with E-state index < -0.39 is 5.67 Å². The summed E-state index contributed by atoms with van der Waals surface area (Å²) in [5, 5.41) is 4.08. The molecule has 0 saturated heterocycles. The van der Waals surface area contributed by atoms with Gasteiger partial charge in [-0.2, -0.15) is 0 Å². The predicted molar refractivity (Wildman–Crippen MR) is 112 cm³/mol. The van der Waals surface area contributed by atoms with Crippen molar-refractivity contribution in [3.05, 3.63) is 42.5 Å². The Hall–Kier alpha value is -2.96. The topological polar surface area (TPSA) is 69.9 Å². The van der Waals surface area contributed by atoms with Crippen LogP contribution in [0.3, 0.4) is 0 Å². The smallest absolute Gasteiger partial charge is 0.181 e. The van der Waals surface area contributed by atoms with Crippen molar-refractivity contribution >= 4 is 11.0 Å². The summed E-state index contributed by atoms with van der Waals surface area (Å²) in [4.78, 5) is 8.84. The molecule has 7 heteroatoms. The summed E-state index contributed by atoms with van der Waals surface area (Å²) in [6, 6.07) is 2.14. The third-order valence-electron chi connectivity index (χ3n) is 6.34. The van der Waals surface area contributed by atoms with E-state index in [4.69, 9.17) is 13.9 Å². The second kappa shape index (κ2) is 7.07. The number of aryl methyl sites for hydroxylation is 2. The maximum absolute atomic E-state index is 14.3. The van der Waals surface area contributed by atoms with E-state index in [0.717, 1.165) is 58.6 Å². The molecular weight excluding hydrogens is 383 g/mol. The van der Waals surface area contributed by atoms with E-state index in [1.54, 1.807) is 13.1 Å². The van der Waals surface area contributed by atoms with Gasteiger partial charge >= 0.3 is 0 Å². The number of nitrogens with zero attached hydrogens (tertiary/aromatic N) is 4. The van der Waals surface area contributed by atoms with E-state index in [9.17, 15) is 4.39 Å². The number of oxazole rings is 1. The van der Waals surface area contributed by atoms with Crippen LogP contribution in [-0.2, 0) is 6.54 Å². The molecule has 4 aromatic heterocycles. The van der Waals surface area contributed by atoms with E-state index in [1.807, 2.05) is 20.0 Å². The Morgan fingerprint density at radius 3 is 2.70 bits per heavy atom. The summed E-state index contributed by atoms with van der Waals surface area (Å²) in [6.45, 7) is 6.39. The van der Waals surface area contributed by atoms with Gasteiger partial charge in [0.15, 0.2) is 12.2 Å². The highest BCUT2D eigenvalue weighted by Crippen LogP contribution is 2.38. The second-order valence-corrected chi connectivity index (χ2v) is 8.71. The molecule has 0 N–H and O–H groups in total. The zero-order chi connectivity index (χ0) is 20.9. The third-order valence-corrected chi connectivity index (χ3v) is 6.34. The lowest BCUT2D eigenvalue weighted by atomic mass is 9.81. The SMILES string of the molecule is Cc1noc(C)c1-c1cnc2c(-c3cnco3)cn(CC3CCC(C)(F)CC3)c2c1. The number of aromatic nitrogens is 4. The molecule has 1 aliphatic rings. The average Bonchev–Trinajstić information content (AvgIpc) is 3.43. The van der Waals surface area contributed by atoms with Crippen molar-refractivity contribution in [3.63, 3.8) is 0 Å². The van der Waals surface area contributed by atoms with Gasteiger partial charge in [0.1, 0.15) is 11.4 Å². The Balaban J connectivity index is 1.58. The summed E-state index contributed by atoms with van der Waals surface area (Å²) in [5.41, 5.74) is 4.57. The largest absolute Gasteiger partial charge is 0.443 e. The molecule has 4 aromatic rings. The minimum atomic E-state index is -1.03. The summed E-state index contributed by atoms with van der Waals surface area (Å²) in [6.07, 6.45) is 10.1. The van der Waals surface area contributed by atoms with Gasteiger partial charge in [-0.15, -0.1) is 0 Å². The van der Waals surface area contributed by atoms with Gasteiger partial charge in [-0.1, -0.05) is 5.16 Å². The molecule has 0 bridgehead atoms. The van der Waals surface area contributed by atoms with Crippen molar-refractivity contribution in [1.29, 1.82) is 0 Å². The minimum absolute atomic E-state index is 0.440. The molecule has 0 atom stereocenters. The van der Waals surface area contributed by atoms with Gasteiger partial charge in [0.2, 0.25) is 0 Å². The van der Waals surface area contributed by atoms with Crippen LogP contribution in [0.4, 0.5) is 4.39 Å². The summed E-state index contributed by atoms with van der Waals surface area (Å²) in [5.74, 6) is 1.91. The molecule has 0 spiro atoms. The normalized spacial score (nSPS) is 22.1. The standard InChI is InChI=1S/C23H25FN4O2/c1-14-21(15(2)30-27-14)17-8-19-22(26-9-17)18(20-10-25-13-29-20)12-28(19)11-16-4-6-23(3,24)7-5-16/h8-10,12-13,16H,4-7,11H2,1-3H3. The number of hydrogen-bond donors (Lipinski definition) is 0. The van der Waals surface area contributed by atoms with Gasteiger partial charge in [0.25, 0.3) is 0 Å². The molecule has 0 aliphatic heterocycles. The molecule has 0 unspecified atom stereocenters. The quantitative estimate of drug-likeness (QED) is 0.422. The van der Waals surface area contributed by atoms with Gasteiger partial charge in [-0.05, 0) is 58.4 Å².